The van der Waals surface area contributed by atoms with Crippen LogP contribution in [0.15, 0.2) is 29.4 Å². The first kappa shape index (κ1) is 15.2. The number of halogens is 1. The largest absolute Gasteiger partial charge is 0.273 e. The number of hydrazone groups is 1. The van der Waals surface area contributed by atoms with E-state index >= 15 is 0 Å². The zero-order valence-electron chi connectivity index (χ0n) is 11.9. The van der Waals surface area contributed by atoms with Gasteiger partial charge >= 0.3 is 0 Å². The van der Waals surface area contributed by atoms with Crippen LogP contribution in [0.3, 0.4) is 0 Å². The van der Waals surface area contributed by atoms with Gasteiger partial charge in [-0.2, -0.15) is 5.10 Å². The lowest BCUT2D eigenvalue weighted by Gasteiger charge is -2.19. The molecule has 0 radical (unpaired) electrons. The normalized spacial score (nSPS) is 18.6. The number of carbonyl (C=O) groups is 1. The van der Waals surface area contributed by atoms with E-state index in [-0.39, 0.29) is 11.8 Å². The van der Waals surface area contributed by atoms with Crippen molar-refractivity contribution in [1.29, 1.82) is 0 Å². The van der Waals surface area contributed by atoms with Crippen molar-refractivity contribution in [2.24, 2.45) is 11.0 Å². The summed E-state index contributed by atoms with van der Waals surface area (Å²) in [5, 5.41) is 5.28. The summed E-state index contributed by atoms with van der Waals surface area (Å²) in [5.41, 5.74) is 6.03. The van der Waals surface area contributed by atoms with Crippen molar-refractivity contribution in [3.63, 3.8) is 0 Å². The SMILES string of the molecule is CC1CC(=O)NN=C1c1ccc(CCCCCBr)cc1. The summed E-state index contributed by atoms with van der Waals surface area (Å²) in [6, 6.07) is 8.59. The molecule has 1 N–H and O–H groups in total. The number of carbonyl (C=O) groups excluding carboxylic acids is 1. The zero-order chi connectivity index (χ0) is 14.4. The molecule has 1 heterocycles. The first-order valence-corrected chi connectivity index (χ1v) is 8.34. The maximum Gasteiger partial charge on any atom is 0.240 e. The first-order valence-electron chi connectivity index (χ1n) is 7.22. The molecule has 0 saturated carbocycles. The number of rotatable bonds is 6. The Hall–Kier alpha value is -1.16. The van der Waals surface area contributed by atoms with E-state index in [0.717, 1.165) is 23.0 Å². The number of alkyl halides is 1. The molecule has 0 fully saturated rings. The zero-order valence-corrected chi connectivity index (χ0v) is 13.4. The van der Waals surface area contributed by atoms with Crippen LogP contribution in [0.4, 0.5) is 0 Å². The second kappa shape index (κ2) is 7.58. The van der Waals surface area contributed by atoms with Crippen LogP contribution in [-0.4, -0.2) is 16.9 Å². The van der Waals surface area contributed by atoms with Gasteiger partial charge in [-0.1, -0.05) is 53.5 Å². The first-order chi connectivity index (χ1) is 9.70. The van der Waals surface area contributed by atoms with Gasteiger partial charge in [0, 0.05) is 17.7 Å². The van der Waals surface area contributed by atoms with Gasteiger partial charge in [-0.3, -0.25) is 4.79 Å². The summed E-state index contributed by atoms with van der Waals surface area (Å²) in [5.74, 6) is 0.193. The minimum Gasteiger partial charge on any atom is -0.273 e. The molecule has 1 aromatic rings. The number of nitrogens with one attached hydrogen (secondary N) is 1. The topological polar surface area (TPSA) is 41.5 Å². The molecule has 1 aromatic carbocycles. The van der Waals surface area contributed by atoms with E-state index in [9.17, 15) is 4.79 Å². The molecule has 0 spiro atoms. The molecule has 1 aliphatic rings. The molecular formula is C16H21BrN2O. The van der Waals surface area contributed by atoms with Crippen molar-refractivity contribution in [1.82, 2.24) is 5.43 Å². The van der Waals surface area contributed by atoms with Crippen molar-refractivity contribution in [2.75, 3.05) is 5.33 Å². The van der Waals surface area contributed by atoms with E-state index in [1.54, 1.807) is 0 Å². The van der Waals surface area contributed by atoms with E-state index in [1.165, 1.54) is 24.8 Å². The lowest BCUT2D eigenvalue weighted by atomic mass is 9.93. The van der Waals surface area contributed by atoms with E-state index in [1.807, 2.05) is 6.92 Å². The maximum absolute atomic E-state index is 11.3. The van der Waals surface area contributed by atoms with Crippen LogP contribution in [0.2, 0.25) is 0 Å². The molecule has 3 nitrogen and oxygen atoms in total. The maximum atomic E-state index is 11.3. The predicted molar refractivity (Wildman–Crippen MR) is 86.3 cm³/mol. The molecule has 0 aliphatic carbocycles. The fraction of sp³-hybridized carbons (Fsp3) is 0.500. The van der Waals surface area contributed by atoms with Gasteiger partial charge in [0.05, 0.1) is 5.71 Å². The summed E-state index contributed by atoms with van der Waals surface area (Å²) < 4.78 is 0. The summed E-state index contributed by atoms with van der Waals surface area (Å²) >= 11 is 3.46. The minimum atomic E-state index is 0.00432. The Morgan fingerprint density at radius 2 is 2.00 bits per heavy atom. The minimum absolute atomic E-state index is 0.00432. The molecule has 20 heavy (non-hydrogen) atoms. The number of unbranched alkanes of at least 4 members (excludes halogenated alkanes) is 2. The monoisotopic (exact) mass is 336 g/mol. The van der Waals surface area contributed by atoms with E-state index < -0.39 is 0 Å². The number of aryl methyl sites for hydroxylation is 1. The van der Waals surface area contributed by atoms with Crippen LogP contribution >= 0.6 is 15.9 Å². The highest BCUT2D eigenvalue weighted by Gasteiger charge is 2.21. The Kier molecular flexibility index (Phi) is 5.77. The summed E-state index contributed by atoms with van der Waals surface area (Å²) in [7, 11) is 0. The van der Waals surface area contributed by atoms with Gasteiger partial charge in [0.25, 0.3) is 0 Å². The Labute approximate surface area is 129 Å². The number of nitrogens with zero attached hydrogens (tertiary/aromatic N) is 1. The smallest absolute Gasteiger partial charge is 0.240 e. The third kappa shape index (κ3) is 4.17. The average Bonchev–Trinajstić information content (AvgIpc) is 2.45. The quantitative estimate of drug-likeness (QED) is 0.625. The number of hydrogen-bond donors (Lipinski definition) is 1. The van der Waals surface area contributed by atoms with Crippen LogP contribution in [0.25, 0.3) is 0 Å². The lowest BCUT2D eigenvalue weighted by molar-refractivity contribution is -0.121. The van der Waals surface area contributed by atoms with Crippen molar-refractivity contribution >= 4 is 27.5 Å². The van der Waals surface area contributed by atoms with Crippen molar-refractivity contribution < 1.29 is 4.79 Å². The van der Waals surface area contributed by atoms with E-state index in [0.29, 0.717) is 6.42 Å². The highest BCUT2D eigenvalue weighted by molar-refractivity contribution is 9.09. The summed E-state index contributed by atoms with van der Waals surface area (Å²) in [6.45, 7) is 2.05. The third-order valence-electron chi connectivity index (χ3n) is 3.61. The second-order valence-electron chi connectivity index (χ2n) is 5.33. The molecule has 1 amide bonds. The molecule has 108 valence electrons. The highest BCUT2D eigenvalue weighted by Crippen LogP contribution is 2.17. The second-order valence-corrected chi connectivity index (χ2v) is 6.13. The summed E-state index contributed by atoms with van der Waals surface area (Å²) in [4.78, 5) is 11.3. The van der Waals surface area contributed by atoms with Gasteiger partial charge in [0.1, 0.15) is 0 Å². The molecule has 1 unspecified atom stereocenters. The lowest BCUT2D eigenvalue weighted by Crippen LogP contribution is -2.31. The molecule has 0 saturated heterocycles. The van der Waals surface area contributed by atoms with E-state index in [4.69, 9.17) is 0 Å². The predicted octanol–water partition coefficient (Wildman–Crippen LogP) is 3.65. The molecule has 0 aromatic heterocycles. The number of benzene rings is 1. The standard InChI is InChI=1S/C16H21BrN2O/c1-12-11-15(20)18-19-16(12)14-8-6-13(7-9-14)5-3-2-4-10-17/h6-9,12H,2-5,10-11H2,1H3,(H,18,20). The summed E-state index contributed by atoms with van der Waals surface area (Å²) in [6.07, 6.45) is 5.40. The fourth-order valence-electron chi connectivity index (χ4n) is 2.44. The molecule has 4 heteroatoms. The van der Waals surface area contributed by atoms with Gasteiger partial charge in [-0.25, -0.2) is 5.43 Å². The van der Waals surface area contributed by atoms with Crippen LogP contribution in [0.5, 0.6) is 0 Å². The Morgan fingerprint density at radius 1 is 1.25 bits per heavy atom. The molecular weight excluding hydrogens is 316 g/mol. The van der Waals surface area contributed by atoms with Crippen LogP contribution in [-0.2, 0) is 11.2 Å². The van der Waals surface area contributed by atoms with Gasteiger partial charge in [-0.05, 0) is 30.4 Å². The third-order valence-corrected chi connectivity index (χ3v) is 4.17. The van der Waals surface area contributed by atoms with Gasteiger partial charge in [0.2, 0.25) is 5.91 Å². The Balaban J connectivity index is 1.96. The molecule has 2 rings (SSSR count). The Bertz CT molecular complexity index is 482. The van der Waals surface area contributed by atoms with E-state index in [2.05, 4.69) is 50.7 Å². The van der Waals surface area contributed by atoms with Gasteiger partial charge in [0.15, 0.2) is 0 Å². The molecule has 1 aliphatic heterocycles. The van der Waals surface area contributed by atoms with Crippen molar-refractivity contribution in [3.8, 4) is 0 Å². The molecule has 0 bridgehead atoms. The van der Waals surface area contributed by atoms with Crippen LogP contribution in [0.1, 0.15) is 43.7 Å². The number of hydrogen-bond acceptors (Lipinski definition) is 2. The number of amides is 1. The Morgan fingerprint density at radius 3 is 2.65 bits per heavy atom. The molecule has 1 atom stereocenters. The highest BCUT2D eigenvalue weighted by atomic mass is 79.9. The van der Waals surface area contributed by atoms with Crippen LogP contribution in [0, 0.1) is 5.92 Å². The van der Waals surface area contributed by atoms with Crippen molar-refractivity contribution in [2.45, 2.75) is 39.0 Å². The average molecular weight is 337 g/mol. The van der Waals surface area contributed by atoms with Gasteiger partial charge in [-0.15, -0.1) is 0 Å². The van der Waals surface area contributed by atoms with Gasteiger partial charge < -0.3 is 0 Å². The fourth-order valence-corrected chi connectivity index (χ4v) is 2.84. The van der Waals surface area contributed by atoms with Crippen LogP contribution < -0.4 is 5.43 Å². The van der Waals surface area contributed by atoms with Crippen molar-refractivity contribution in [3.05, 3.63) is 35.4 Å².